The van der Waals surface area contributed by atoms with Crippen LogP contribution in [-0.2, 0) is 6.54 Å². The molecule has 0 aliphatic rings. The number of halogens is 1. The van der Waals surface area contributed by atoms with E-state index < -0.39 is 0 Å². The third-order valence-corrected chi connectivity index (χ3v) is 3.70. The first kappa shape index (κ1) is 15.4. The maximum absolute atomic E-state index is 12.6. The van der Waals surface area contributed by atoms with E-state index in [1.54, 1.807) is 11.0 Å². The lowest BCUT2D eigenvalue weighted by Gasteiger charge is -2.22. The largest absolute Gasteiger partial charge is 0.399 e. The number of nitrogens with two attached hydrogens (primary N) is 1. The lowest BCUT2D eigenvalue weighted by molar-refractivity contribution is 0.0752. The Morgan fingerprint density at radius 1 is 1.24 bits per heavy atom. The lowest BCUT2D eigenvalue weighted by Crippen LogP contribution is -2.30. The Morgan fingerprint density at radius 3 is 2.57 bits per heavy atom. The Kier molecular flexibility index (Phi) is 4.86. The van der Waals surface area contributed by atoms with Gasteiger partial charge in [-0.3, -0.25) is 4.79 Å². The molecule has 0 saturated heterocycles. The second-order valence-corrected chi connectivity index (χ2v) is 5.45. The highest BCUT2D eigenvalue weighted by Gasteiger charge is 2.16. The van der Waals surface area contributed by atoms with Gasteiger partial charge in [-0.15, -0.1) is 0 Å². The molecule has 110 valence electrons. The highest BCUT2D eigenvalue weighted by atomic mass is 35.5. The number of carbonyl (C=O) groups excluding carboxylic acids is 1. The van der Waals surface area contributed by atoms with Crippen molar-refractivity contribution in [2.24, 2.45) is 0 Å². The molecular weight excluding hydrogens is 284 g/mol. The molecule has 0 fully saturated rings. The number of anilines is 1. The normalized spacial score (nSPS) is 10.4. The molecule has 0 atom stereocenters. The summed E-state index contributed by atoms with van der Waals surface area (Å²) in [6.07, 6.45) is 0. The summed E-state index contributed by atoms with van der Waals surface area (Å²) in [6.45, 7) is 4.98. The van der Waals surface area contributed by atoms with Crippen LogP contribution in [0.5, 0.6) is 0 Å². The summed E-state index contributed by atoms with van der Waals surface area (Å²) in [5.74, 6) is -0.0344. The number of hydrogen-bond acceptors (Lipinski definition) is 2. The highest BCUT2D eigenvalue weighted by molar-refractivity contribution is 6.31. The van der Waals surface area contributed by atoms with E-state index in [2.05, 4.69) is 0 Å². The molecule has 0 heterocycles. The number of hydrogen-bond donors (Lipinski definition) is 1. The summed E-state index contributed by atoms with van der Waals surface area (Å²) in [5.41, 5.74) is 8.96. The van der Waals surface area contributed by atoms with E-state index in [-0.39, 0.29) is 5.91 Å². The van der Waals surface area contributed by atoms with Crippen molar-refractivity contribution in [3.63, 3.8) is 0 Å². The van der Waals surface area contributed by atoms with Crippen molar-refractivity contribution in [2.45, 2.75) is 20.4 Å². The molecule has 0 bridgehead atoms. The quantitative estimate of drug-likeness (QED) is 0.871. The Bertz CT molecular complexity index is 635. The Hall–Kier alpha value is -2.00. The zero-order chi connectivity index (χ0) is 15.4. The van der Waals surface area contributed by atoms with E-state index in [9.17, 15) is 4.79 Å². The third kappa shape index (κ3) is 3.76. The molecular formula is C17H19ClN2O. The van der Waals surface area contributed by atoms with Crippen LogP contribution in [0.3, 0.4) is 0 Å². The molecule has 2 aromatic rings. The molecule has 0 aliphatic heterocycles. The van der Waals surface area contributed by atoms with Crippen molar-refractivity contribution in [3.8, 4) is 0 Å². The van der Waals surface area contributed by atoms with E-state index in [4.69, 9.17) is 17.3 Å². The Morgan fingerprint density at radius 2 is 1.95 bits per heavy atom. The number of rotatable bonds is 4. The summed E-state index contributed by atoms with van der Waals surface area (Å²) in [6, 6.07) is 13.0. The first-order chi connectivity index (χ1) is 10.0. The lowest BCUT2D eigenvalue weighted by atomic mass is 10.1. The van der Waals surface area contributed by atoms with Gasteiger partial charge in [0.2, 0.25) is 0 Å². The fourth-order valence-corrected chi connectivity index (χ4v) is 2.47. The molecule has 0 saturated carbocycles. The standard InChI is InChI=1S/C17H19ClN2O/c1-3-20(11-13-6-4-5-7-16(13)18)17(21)14-8-12(2)9-15(19)10-14/h4-10H,3,11,19H2,1-2H3. The maximum atomic E-state index is 12.6. The fourth-order valence-electron chi connectivity index (χ4n) is 2.28. The third-order valence-electron chi connectivity index (χ3n) is 3.33. The van der Waals surface area contributed by atoms with E-state index >= 15 is 0 Å². The summed E-state index contributed by atoms with van der Waals surface area (Å²) in [4.78, 5) is 14.4. The van der Waals surface area contributed by atoms with Gasteiger partial charge >= 0.3 is 0 Å². The molecule has 2 aromatic carbocycles. The second kappa shape index (κ2) is 6.64. The first-order valence-corrected chi connectivity index (χ1v) is 7.29. The predicted octanol–water partition coefficient (Wildman–Crippen LogP) is 3.89. The first-order valence-electron chi connectivity index (χ1n) is 6.91. The van der Waals surface area contributed by atoms with E-state index in [0.717, 1.165) is 11.1 Å². The molecule has 3 nitrogen and oxygen atoms in total. The minimum atomic E-state index is -0.0344. The minimum Gasteiger partial charge on any atom is -0.399 e. The Labute approximate surface area is 130 Å². The number of nitrogen functional groups attached to an aromatic ring is 1. The van der Waals surface area contributed by atoms with Crippen molar-refractivity contribution in [2.75, 3.05) is 12.3 Å². The predicted molar refractivity (Wildman–Crippen MR) is 87.5 cm³/mol. The van der Waals surface area contributed by atoms with Gasteiger partial charge in [0.1, 0.15) is 0 Å². The fraction of sp³-hybridized carbons (Fsp3) is 0.235. The number of amides is 1. The van der Waals surface area contributed by atoms with Crippen LogP contribution in [0.2, 0.25) is 5.02 Å². The van der Waals surface area contributed by atoms with Crippen molar-refractivity contribution in [1.82, 2.24) is 4.90 Å². The zero-order valence-electron chi connectivity index (χ0n) is 12.3. The van der Waals surface area contributed by atoms with Gasteiger partial charge in [0.15, 0.2) is 0 Å². The molecule has 2 N–H and O–H groups in total. The van der Waals surface area contributed by atoms with Crippen molar-refractivity contribution in [1.29, 1.82) is 0 Å². The Balaban J connectivity index is 2.24. The maximum Gasteiger partial charge on any atom is 0.254 e. The number of carbonyl (C=O) groups is 1. The molecule has 0 unspecified atom stereocenters. The number of nitrogens with zero attached hydrogens (tertiary/aromatic N) is 1. The minimum absolute atomic E-state index is 0.0344. The number of benzene rings is 2. The van der Waals surface area contributed by atoms with Crippen molar-refractivity contribution >= 4 is 23.2 Å². The van der Waals surface area contributed by atoms with Crippen LogP contribution in [0.25, 0.3) is 0 Å². The van der Waals surface area contributed by atoms with Crippen LogP contribution in [0.15, 0.2) is 42.5 Å². The molecule has 21 heavy (non-hydrogen) atoms. The van der Waals surface area contributed by atoms with Gasteiger partial charge < -0.3 is 10.6 Å². The molecule has 1 amide bonds. The summed E-state index contributed by atoms with van der Waals surface area (Å²) < 4.78 is 0. The van der Waals surface area contributed by atoms with Crippen molar-refractivity contribution < 1.29 is 4.79 Å². The molecule has 0 aromatic heterocycles. The average Bonchev–Trinajstić information content (AvgIpc) is 2.44. The van der Waals surface area contributed by atoms with E-state index in [1.165, 1.54) is 0 Å². The van der Waals surface area contributed by atoms with Crippen LogP contribution in [-0.4, -0.2) is 17.4 Å². The summed E-state index contributed by atoms with van der Waals surface area (Å²) >= 11 is 6.17. The van der Waals surface area contributed by atoms with E-state index in [1.807, 2.05) is 50.2 Å². The molecule has 0 radical (unpaired) electrons. The molecule has 0 aliphatic carbocycles. The zero-order valence-corrected chi connectivity index (χ0v) is 13.0. The van der Waals surface area contributed by atoms with E-state index in [0.29, 0.717) is 29.4 Å². The van der Waals surface area contributed by atoms with Gasteiger partial charge in [-0.25, -0.2) is 0 Å². The molecule has 2 rings (SSSR count). The van der Waals surface area contributed by atoms with Crippen LogP contribution in [0.1, 0.15) is 28.4 Å². The van der Waals surface area contributed by atoms with Gasteiger partial charge in [0.25, 0.3) is 5.91 Å². The second-order valence-electron chi connectivity index (χ2n) is 5.04. The van der Waals surface area contributed by atoms with Crippen LogP contribution >= 0.6 is 11.6 Å². The monoisotopic (exact) mass is 302 g/mol. The SMILES string of the molecule is CCN(Cc1ccccc1Cl)C(=O)c1cc(C)cc(N)c1. The van der Waals surface area contributed by atoms with Crippen LogP contribution in [0.4, 0.5) is 5.69 Å². The topological polar surface area (TPSA) is 46.3 Å². The smallest absolute Gasteiger partial charge is 0.254 e. The highest BCUT2D eigenvalue weighted by Crippen LogP contribution is 2.19. The van der Waals surface area contributed by atoms with Crippen LogP contribution in [0, 0.1) is 6.92 Å². The molecule has 0 spiro atoms. The van der Waals surface area contributed by atoms with Gasteiger partial charge in [-0.05, 0) is 49.2 Å². The van der Waals surface area contributed by atoms with Crippen LogP contribution < -0.4 is 5.73 Å². The average molecular weight is 303 g/mol. The summed E-state index contributed by atoms with van der Waals surface area (Å²) in [7, 11) is 0. The summed E-state index contributed by atoms with van der Waals surface area (Å²) in [5, 5.41) is 0.674. The molecule has 4 heteroatoms. The van der Waals surface area contributed by atoms with Gasteiger partial charge in [-0.1, -0.05) is 29.8 Å². The van der Waals surface area contributed by atoms with Gasteiger partial charge in [0.05, 0.1) is 0 Å². The number of aryl methyl sites for hydroxylation is 1. The van der Waals surface area contributed by atoms with Gasteiger partial charge in [0, 0.05) is 29.4 Å². The van der Waals surface area contributed by atoms with Gasteiger partial charge in [-0.2, -0.15) is 0 Å². The van der Waals surface area contributed by atoms with Crippen molar-refractivity contribution in [3.05, 3.63) is 64.2 Å².